The maximum absolute atomic E-state index is 12.3. The van der Waals surface area contributed by atoms with E-state index in [4.69, 9.17) is 24.1 Å². The maximum Gasteiger partial charge on any atom is 0.326 e. The van der Waals surface area contributed by atoms with Crippen LogP contribution in [0.2, 0.25) is 0 Å². The number of aliphatic carboxylic acids is 2. The van der Waals surface area contributed by atoms with Gasteiger partial charge in [0, 0.05) is 38.9 Å². The molecular weight excluding hydrogens is 764 g/mol. The van der Waals surface area contributed by atoms with Crippen LogP contribution in [0, 0.1) is 6.92 Å². The van der Waals surface area contributed by atoms with Gasteiger partial charge in [0.05, 0.1) is 39.6 Å². The van der Waals surface area contributed by atoms with Gasteiger partial charge in [-0.05, 0) is 37.3 Å². The number of hydrogen-bond donors (Lipinski definition) is 6. The number of benzene rings is 1. The smallest absolute Gasteiger partial charge is 0.326 e. The minimum Gasteiger partial charge on any atom is -0.481 e. The van der Waals surface area contributed by atoms with Gasteiger partial charge >= 0.3 is 11.9 Å². The predicted octanol–water partition coefficient (Wildman–Crippen LogP) is 4.46. The summed E-state index contributed by atoms with van der Waals surface area (Å²) in [7, 11) is 0. The highest BCUT2D eigenvalue weighted by atomic mass is 16.5. The Morgan fingerprint density at radius 3 is 1.44 bits per heavy atom. The standard InChI is InChI=1S/C43H71N4O12/c1-35-18-20-36(21-19-35)32-46-41(51)34-59-31-29-57-27-25-45-40(50)33-58-30-28-56-26-24-44-38(48)23-22-37(43(54)55)47-39(49)16-14-12-10-8-6-4-2-3-5-7-9-11-13-15-17-42(52)53/h18-21,37H,1-17,22-34H2,(H,44,48)(H,45,50)(H,46,51)(H,47,49)(H,52,53)(H,54,55)/t37-/m0/s1. The van der Waals surface area contributed by atoms with Crippen molar-refractivity contribution in [3.8, 4) is 0 Å². The molecule has 0 aliphatic heterocycles. The number of unbranched alkanes of at least 4 members (excludes halogenated alkanes) is 13. The SMILES string of the molecule is [CH2]c1ccc(CNC(=O)COCCOCCNC(=O)COCCOCCNC(=O)CC[C@H](NC(=O)CCCCCCCCCCCCCCCCC(=O)O)C(=O)O)cc1. The van der Waals surface area contributed by atoms with E-state index in [0.29, 0.717) is 13.0 Å². The number of rotatable bonds is 40. The van der Waals surface area contributed by atoms with Crippen LogP contribution in [-0.4, -0.2) is 118 Å². The van der Waals surface area contributed by atoms with E-state index < -0.39 is 18.0 Å². The Labute approximate surface area is 350 Å². The van der Waals surface area contributed by atoms with Crippen molar-refractivity contribution < 1.29 is 57.9 Å². The van der Waals surface area contributed by atoms with E-state index in [-0.39, 0.29) is 115 Å². The number of carbonyl (C=O) groups excluding carboxylic acids is 4. The third-order valence-electron chi connectivity index (χ3n) is 9.20. The summed E-state index contributed by atoms with van der Waals surface area (Å²) in [6.45, 7) is 5.89. The minimum absolute atomic E-state index is 0.0223. The lowest BCUT2D eigenvalue weighted by atomic mass is 10.0. The summed E-state index contributed by atoms with van der Waals surface area (Å²) in [6.07, 6.45) is 15.5. The molecule has 0 aliphatic carbocycles. The van der Waals surface area contributed by atoms with Gasteiger partial charge in [-0.3, -0.25) is 24.0 Å². The molecule has 0 fully saturated rings. The topological polar surface area (TPSA) is 228 Å². The third kappa shape index (κ3) is 34.5. The van der Waals surface area contributed by atoms with E-state index in [1.165, 1.54) is 44.9 Å². The van der Waals surface area contributed by atoms with Crippen molar-refractivity contribution in [3.05, 3.63) is 42.3 Å². The molecule has 0 spiro atoms. The van der Waals surface area contributed by atoms with Crippen LogP contribution in [0.25, 0.3) is 0 Å². The first-order chi connectivity index (χ1) is 28.6. The molecule has 0 bridgehead atoms. The Balaban J connectivity index is 1.90. The van der Waals surface area contributed by atoms with Crippen molar-refractivity contribution >= 4 is 35.6 Å². The quantitative estimate of drug-likeness (QED) is 0.0504. The number of nitrogens with one attached hydrogen (secondary N) is 4. The van der Waals surface area contributed by atoms with E-state index in [2.05, 4.69) is 28.2 Å². The fourth-order valence-corrected chi connectivity index (χ4v) is 5.83. The highest BCUT2D eigenvalue weighted by Gasteiger charge is 2.20. The lowest BCUT2D eigenvalue weighted by Gasteiger charge is -2.14. The van der Waals surface area contributed by atoms with Gasteiger partial charge < -0.3 is 50.4 Å². The second kappa shape index (κ2) is 36.9. The van der Waals surface area contributed by atoms with Gasteiger partial charge in [-0.1, -0.05) is 101 Å². The highest BCUT2D eigenvalue weighted by Crippen LogP contribution is 2.14. The number of carboxylic acids is 2. The second-order valence-corrected chi connectivity index (χ2v) is 14.5. The summed E-state index contributed by atoms with van der Waals surface area (Å²) in [5, 5.41) is 28.8. The number of carbonyl (C=O) groups is 6. The molecule has 16 heteroatoms. The molecule has 335 valence electrons. The fraction of sp³-hybridized carbons (Fsp3) is 0.698. The van der Waals surface area contributed by atoms with E-state index >= 15 is 0 Å². The highest BCUT2D eigenvalue weighted by molar-refractivity contribution is 5.84. The Morgan fingerprint density at radius 1 is 0.508 bits per heavy atom. The van der Waals surface area contributed by atoms with Crippen LogP contribution in [0.5, 0.6) is 0 Å². The van der Waals surface area contributed by atoms with E-state index in [1.54, 1.807) is 0 Å². The molecule has 4 amide bonds. The molecule has 6 N–H and O–H groups in total. The maximum atomic E-state index is 12.3. The number of carboxylic acid groups (broad SMARTS) is 2. The third-order valence-corrected chi connectivity index (χ3v) is 9.20. The average molecular weight is 836 g/mol. The van der Waals surface area contributed by atoms with Crippen molar-refractivity contribution in [2.45, 2.75) is 128 Å². The number of amides is 4. The molecule has 0 unspecified atom stereocenters. The van der Waals surface area contributed by atoms with E-state index in [1.807, 2.05) is 24.3 Å². The van der Waals surface area contributed by atoms with Gasteiger partial charge in [0.1, 0.15) is 19.3 Å². The molecule has 0 aromatic heterocycles. The lowest BCUT2D eigenvalue weighted by Crippen LogP contribution is -2.41. The summed E-state index contributed by atoms with van der Waals surface area (Å²) in [5.74, 6) is -3.11. The lowest BCUT2D eigenvalue weighted by molar-refractivity contribution is -0.142. The summed E-state index contributed by atoms with van der Waals surface area (Å²) in [4.78, 5) is 70.4. The zero-order chi connectivity index (χ0) is 43.2. The van der Waals surface area contributed by atoms with Crippen molar-refractivity contribution in [1.82, 2.24) is 21.3 Å². The molecule has 1 radical (unpaired) electrons. The Morgan fingerprint density at radius 2 is 0.949 bits per heavy atom. The van der Waals surface area contributed by atoms with E-state index in [9.17, 15) is 33.9 Å². The number of hydrogen-bond acceptors (Lipinski definition) is 10. The van der Waals surface area contributed by atoms with Gasteiger partial charge in [0.2, 0.25) is 23.6 Å². The summed E-state index contributed by atoms with van der Waals surface area (Å²) < 4.78 is 21.4. The monoisotopic (exact) mass is 836 g/mol. The molecule has 1 atom stereocenters. The van der Waals surface area contributed by atoms with Gasteiger partial charge in [-0.15, -0.1) is 0 Å². The molecule has 59 heavy (non-hydrogen) atoms. The molecule has 0 saturated heterocycles. The van der Waals surface area contributed by atoms with Gasteiger partial charge in [0.15, 0.2) is 0 Å². The Bertz CT molecular complexity index is 1300. The number of ether oxygens (including phenoxy) is 4. The van der Waals surface area contributed by atoms with Gasteiger partial charge in [-0.2, -0.15) is 0 Å². The van der Waals surface area contributed by atoms with Crippen LogP contribution < -0.4 is 21.3 Å². The molecule has 0 saturated carbocycles. The summed E-state index contributed by atoms with van der Waals surface area (Å²) in [5.41, 5.74) is 1.88. The van der Waals surface area contributed by atoms with Crippen molar-refractivity contribution in [2.24, 2.45) is 0 Å². The van der Waals surface area contributed by atoms with E-state index in [0.717, 1.165) is 49.7 Å². The van der Waals surface area contributed by atoms with Crippen LogP contribution in [-0.2, 0) is 54.3 Å². The minimum atomic E-state index is -1.18. The second-order valence-electron chi connectivity index (χ2n) is 14.5. The van der Waals surface area contributed by atoms with Crippen molar-refractivity contribution in [1.29, 1.82) is 0 Å². The molecule has 1 aromatic carbocycles. The molecule has 1 aromatic rings. The first-order valence-electron chi connectivity index (χ1n) is 21.3. The summed E-state index contributed by atoms with van der Waals surface area (Å²) in [6, 6.07) is 6.42. The molecule has 16 nitrogen and oxygen atoms in total. The Hall–Kier alpha value is -4.12. The van der Waals surface area contributed by atoms with Crippen molar-refractivity contribution in [3.63, 3.8) is 0 Å². The molecule has 1 rings (SSSR count). The van der Waals surface area contributed by atoms with Gasteiger partial charge in [0.25, 0.3) is 0 Å². The molecule has 0 heterocycles. The zero-order valence-electron chi connectivity index (χ0n) is 35.1. The normalized spacial score (nSPS) is 11.5. The van der Waals surface area contributed by atoms with Crippen LogP contribution in [0.4, 0.5) is 0 Å². The van der Waals surface area contributed by atoms with Crippen molar-refractivity contribution in [2.75, 3.05) is 65.9 Å². The van der Waals surface area contributed by atoms with Crippen LogP contribution in [0.1, 0.15) is 127 Å². The molecule has 0 aliphatic rings. The Kier molecular flexibility index (Phi) is 33.1. The van der Waals surface area contributed by atoms with Gasteiger partial charge in [-0.25, -0.2) is 4.79 Å². The molecular formula is C43H71N4O12. The van der Waals surface area contributed by atoms with Crippen LogP contribution >= 0.6 is 0 Å². The largest absolute Gasteiger partial charge is 0.481 e. The zero-order valence-corrected chi connectivity index (χ0v) is 35.1. The average Bonchev–Trinajstić information content (AvgIpc) is 3.20. The first kappa shape index (κ1) is 52.9. The first-order valence-corrected chi connectivity index (χ1v) is 21.3. The van der Waals surface area contributed by atoms with Crippen LogP contribution in [0.3, 0.4) is 0 Å². The predicted molar refractivity (Wildman–Crippen MR) is 222 cm³/mol. The van der Waals surface area contributed by atoms with Crippen LogP contribution in [0.15, 0.2) is 24.3 Å². The fourth-order valence-electron chi connectivity index (χ4n) is 5.83. The summed E-state index contributed by atoms with van der Waals surface area (Å²) >= 11 is 0.